The van der Waals surface area contributed by atoms with Crippen LogP contribution in [0.25, 0.3) is 0 Å². The number of carbonyl (C=O) groups excluding carboxylic acids is 1. The molecule has 3 N–H and O–H groups in total. The van der Waals surface area contributed by atoms with Crippen molar-refractivity contribution in [1.29, 1.82) is 0 Å². The van der Waals surface area contributed by atoms with Gasteiger partial charge in [-0.05, 0) is 42.7 Å². The van der Waals surface area contributed by atoms with Gasteiger partial charge in [-0.1, -0.05) is 24.3 Å². The van der Waals surface area contributed by atoms with E-state index in [2.05, 4.69) is 16.3 Å². The molecule has 0 radical (unpaired) electrons. The van der Waals surface area contributed by atoms with Crippen LogP contribution in [-0.4, -0.2) is 19.0 Å². The molecule has 1 fully saturated rings. The van der Waals surface area contributed by atoms with Gasteiger partial charge in [-0.15, -0.1) is 24.8 Å². The van der Waals surface area contributed by atoms with Crippen molar-refractivity contribution in [3.63, 3.8) is 0 Å². The molecule has 130 valence electrons. The van der Waals surface area contributed by atoms with E-state index in [1.807, 2.05) is 42.5 Å². The lowest BCUT2D eigenvalue weighted by atomic mass is 10.1. The van der Waals surface area contributed by atoms with E-state index in [4.69, 9.17) is 5.73 Å². The zero-order valence-electron chi connectivity index (χ0n) is 13.4. The summed E-state index contributed by atoms with van der Waals surface area (Å²) in [6.07, 6.45) is 2.79. The monoisotopic (exact) mass is 367 g/mol. The van der Waals surface area contributed by atoms with E-state index in [-0.39, 0.29) is 30.7 Å². The van der Waals surface area contributed by atoms with Crippen LogP contribution in [0.4, 0.5) is 17.1 Å². The predicted octanol–water partition coefficient (Wildman–Crippen LogP) is 3.89. The molecule has 0 aromatic heterocycles. The normalized spacial score (nSPS) is 12.9. The zero-order valence-corrected chi connectivity index (χ0v) is 15.0. The molecule has 1 aliphatic rings. The van der Waals surface area contributed by atoms with Crippen LogP contribution < -0.4 is 16.0 Å². The maximum atomic E-state index is 12.3. The average Bonchev–Trinajstić information content (AvgIpc) is 3.04. The number of hydrogen-bond donors (Lipinski definition) is 2. The van der Waals surface area contributed by atoms with Crippen LogP contribution in [0.2, 0.25) is 0 Å². The van der Waals surface area contributed by atoms with Gasteiger partial charge in [0.05, 0.1) is 17.8 Å². The number of nitrogen functional groups attached to an aromatic ring is 1. The van der Waals surface area contributed by atoms with Crippen molar-refractivity contribution in [2.45, 2.75) is 19.3 Å². The Morgan fingerprint density at radius 1 is 1.00 bits per heavy atom. The SMILES string of the molecule is Cl.Cl.Nc1ccc(CC(=O)Nc2ccccc2N2CCCC2)cc1. The molecule has 2 aromatic carbocycles. The molecule has 24 heavy (non-hydrogen) atoms. The van der Waals surface area contributed by atoms with Crippen LogP contribution in [-0.2, 0) is 11.2 Å². The first-order valence-electron chi connectivity index (χ1n) is 7.70. The lowest BCUT2D eigenvalue weighted by Gasteiger charge is -2.21. The predicted molar refractivity (Wildman–Crippen MR) is 106 cm³/mol. The van der Waals surface area contributed by atoms with Crippen molar-refractivity contribution in [2.24, 2.45) is 0 Å². The molecule has 0 bridgehead atoms. The summed E-state index contributed by atoms with van der Waals surface area (Å²) in [7, 11) is 0. The molecule has 0 aliphatic carbocycles. The van der Waals surface area contributed by atoms with Crippen LogP contribution >= 0.6 is 24.8 Å². The maximum absolute atomic E-state index is 12.3. The first-order valence-corrected chi connectivity index (χ1v) is 7.70. The Bertz CT molecular complexity index is 656. The Hall–Kier alpha value is -1.91. The van der Waals surface area contributed by atoms with Gasteiger partial charge in [-0.25, -0.2) is 0 Å². The van der Waals surface area contributed by atoms with Gasteiger partial charge in [-0.2, -0.15) is 0 Å². The third-order valence-corrected chi connectivity index (χ3v) is 3.97. The van der Waals surface area contributed by atoms with Gasteiger partial charge >= 0.3 is 0 Å². The van der Waals surface area contributed by atoms with Crippen molar-refractivity contribution in [3.8, 4) is 0 Å². The molecule has 1 amide bonds. The van der Waals surface area contributed by atoms with Gasteiger partial charge in [0, 0.05) is 18.8 Å². The van der Waals surface area contributed by atoms with E-state index >= 15 is 0 Å². The Labute approximate surface area is 155 Å². The smallest absolute Gasteiger partial charge is 0.228 e. The van der Waals surface area contributed by atoms with Gasteiger partial charge in [0.2, 0.25) is 5.91 Å². The number of nitrogens with zero attached hydrogens (tertiary/aromatic N) is 1. The van der Waals surface area contributed by atoms with Crippen molar-refractivity contribution in [2.75, 3.05) is 29.0 Å². The second-order valence-corrected chi connectivity index (χ2v) is 5.68. The van der Waals surface area contributed by atoms with Crippen LogP contribution in [0.3, 0.4) is 0 Å². The Kier molecular flexibility index (Phi) is 7.89. The van der Waals surface area contributed by atoms with Gasteiger partial charge in [0.25, 0.3) is 0 Å². The van der Waals surface area contributed by atoms with Crippen LogP contribution in [0.5, 0.6) is 0 Å². The molecule has 6 heteroatoms. The molecule has 1 saturated heterocycles. The highest BCUT2D eigenvalue weighted by atomic mass is 35.5. The van der Waals surface area contributed by atoms with E-state index in [0.717, 1.165) is 30.0 Å². The van der Waals surface area contributed by atoms with E-state index in [1.165, 1.54) is 12.8 Å². The van der Waals surface area contributed by atoms with Crippen molar-refractivity contribution in [1.82, 2.24) is 0 Å². The van der Waals surface area contributed by atoms with Gasteiger partial charge < -0.3 is 16.0 Å². The summed E-state index contributed by atoms with van der Waals surface area (Å²) in [6.45, 7) is 2.12. The quantitative estimate of drug-likeness (QED) is 0.805. The summed E-state index contributed by atoms with van der Waals surface area (Å²) in [5.74, 6) is -0.00332. The minimum atomic E-state index is -0.00332. The number of carbonyl (C=O) groups is 1. The van der Waals surface area contributed by atoms with E-state index in [1.54, 1.807) is 0 Å². The number of nitrogens with two attached hydrogens (primary N) is 1. The molecule has 1 heterocycles. The van der Waals surface area contributed by atoms with Crippen LogP contribution in [0.15, 0.2) is 48.5 Å². The number of para-hydroxylation sites is 2. The third-order valence-electron chi connectivity index (χ3n) is 3.97. The minimum Gasteiger partial charge on any atom is -0.399 e. The van der Waals surface area contributed by atoms with E-state index in [0.29, 0.717) is 12.1 Å². The summed E-state index contributed by atoms with van der Waals surface area (Å²) in [5.41, 5.74) is 9.35. The highest BCUT2D eigenvalue weighted by Crippen LogP contribution is 2.28. The molecule has 0 unspecified atom stereocenters. The van der Waals surface area contributed by atoms with Crippen molar-refractivity contribution in [3.05, 3.63) is 54.1 Å². The third kappa shape index (κ3) is 5.05. The van der Waals surface area contributed by atoms with E-state index < -0.39 is 0 Å². The number of rotatable bonds is 4. The standard InChI is InChI=1S/C18H21N3O.2ClH/c19-15-9-7-14(8-10-15)13-18(22)20-16-5-1-2-6-17(16)21-11-3-4-12-21;;/h1-2,5-10H,3-4,11-13,19H2,(H,20,22);2*1H. The zero-order chi connectivity index (χ0) is 15.4. The van der Waals surface area contributed by atoms with Crippen LogP contribution in [0.1, 0.15) is 18.4 Å². The number of halogens is 2. The van der Waals surface area contributed by atoms with Gasteiger partial charge in [0.15, 0.2) is 0 Å². The first kappa shape index (κ1) is 20.1. The van der Waals surface area contributed by atoms with Crippen LogP contribution in [0, 0.1) is 0 Å². The Morgan fingerprint density at radius 3 is 2.29 bits per heavy atom. The number of benzene rings is 2. The minimum absolute atomic E-state index is 0. The Morgan fingerprint density at radius 2 is 1.62 bits per heavy atom. The average molecular weight is 368 g/mol. The van der Waals surface area contributed by atoms with E-state index in [9.17, 15) is 4.79 Å². The largest absolute Gasteiger partial charge is 0.399 e. The second kappa shape index (κ2) is 9.40. The Balaban J connectivity index is 0.00000144. The fourth-order valence-corrected chi connectivity index (χ4v) is 2.83. The summed E-state index contributed by atoms with van der Waals surface area (Å²) < 4.78 is 0. The highest BCUT2D eigenvalue weighted by molar-refractivity contribution is 5.95. The van der Waals surface area contributed by atoms with Gasteiger partial charge in [-0.3, -0.25) is 4.79 Å². The number of hydrogen-bond acceptors (Lipinski definition) is 3. The molecule has 3 rings (SSSR count). The molecule has 0 spiro atoms. The fraction of sp³-hybridized carbons (Fsp3) is 0.278. The summed E-state index contributed by atoms with van der Waals surface area (Å²) >= 11 is 0. The highest BCUT2D eigenvalue weighted by Gasteiger charge is 2.16. The molecular formula is C18H23Cl2N3O. The maximum Gasteiger partial charge on any atom is 0.228 e. The molecule has 1 aliphatic heterocycles. The van der Waals surface area contributed by atoms with Crippen molar-refractivity contribution < 1.29 is 4.79 Å². The molecule has 4 nitrogen and oxygen atoms in total. The summed E-state index contributed by atoms with van der Waals surface area (Å²) in [4.78, 5) is 14.6. The first-order chi connectivity index (χ1) is 10.7. The lowest BCUT2D eigenvalue weighted by molar-refractivity contribution is -0.115. The second-order valence-electron chi connectivity index (χ2n) is 5.68. The molecule has 2 aromatic rings. The molecular weight excluding hydrogens is 345 g/mol. The summed E-state index contributed by atoms with van der Waals surface area (Å²) in [5, 5.41) is 3.04. The number of anilines is 3. The number of amides is 1. The topological polar surface area (TPSA) is 58.4 Å². The molecule has 0 atom stereocenters. The number of nitrogens with one attached hydrogen (secondary N) is 1. The lowest BCUT2D eigenvalue weighted by Crippen LogP contribution is -2.21. The molecule has 0 saturated carbocycles. The fourth-order valence-electron chi connectivity index (χ4n) is 2.83. The summed E-state index contributed by atoms with van der Waals surface area (Å²) in [6, 6.07) is 15.4. The van der Waals surface area contributed by atoms with Crippen molar-refractivity contribution >= 4 is 47.8 Å². The van der Waals surface area contributed by atoms with Gasteiger partial charge in [0.1, 0.15) is 0 Å².